The zero-order chi connectivity index (χ0) is 15.0. The van der Waals surface area contributed by atoms with Crippen LogP contribution in [-0.4, -0.2) is 15.3 Å². The number of rotatable bonds is 2. The van der Waals surface area contributed by atoms with Gasteiger partial charge in [-0.3, -0.25) is 4.79 Å². The van der Waals surface area contributed by atoms with E-state index in [0.29, 0.717) is 11.3 Å². The average molecular weight is 304 g/mol. The van der Waals surface area contributed by atoms with Gasteiger partial charge < -0.3 is 9.72 Å². The molecular weight excluding hydrogens is 293 g/mol. The normalized spacial score (nSPS) is 10.8. The molecule has 0 aliphatic rings. The highest BCUT2D eigenvalue weighted by atomic mass is 35.5. The highest BCUT2D eigenvalue weighted by molar-refractivity contribution is 6.31. The summed E-state index contributed by atoms with van der Waals surface area (Å²) in [6.45, 7) is 1.95. The van der Waals surface area contributed by atoms with Crippen LogP contribution in [0.2, 0.25) is 5.02 Å². The van der Waals surface area contributed by atoms with Gasteiger partial charge in [-0.25, -0.2) is 9.37 Å². The Bertz CT molecular complexity index is 844. The van der Waals surface area contributed by atoms with Crippen molar-refractivity contribution in [2.24, 2.45) is 0 Å². The minimum absolute atomic E-state index is 0.0431. The molecule has 1 N–H and O–H groups in total. The van der Waals surface area contributed by atoms with Crippen LogP contribution in [0.1, 0.15) is 16.1 Å². The fourth-order valence-electron chi connectivity index (χ4n) is 1.96. The Morgan fingerprint density at radius 3 is 2.90 bits per heavy atom. The summed E-state index contributed by atoms with van der Waals surface area (Å²) >= 11 is 5.68. The second kappa shape index (κ2) is 5.18. The minimum atomic E-state index is -0.530. The fraction of sp³-hybridized carbons (Fsp3) is 0.0667. The number of benzene rings is 1. The molecule has 0 radical (unpaired) electrons. The molecule has 6 heteroatoms. The Balaban J connectivity index is 1.87. The third-order valence-corrected chi connectivity index (χ3v) is 3.32. The van der Waals surface area contributed by atoms with Crippen molar-refractivity contribution in [2.75, 3.05) is 5.32 Å². The molecule has 21 heavy (non-hydrogen) atoms. The first-order chi connectivity index (χ1) is 10.0. The number of hydrogen-bond acceptors (Lipinski definition) is 2. The van der Waals surface area contributed by atoms with Gasteiger partial charge in [0.15, 0.2) is 0 Å². The Kier molecular flexibility index (Phi) is 3.35. The van der Waals surface area contributed by atoms with Crippen LogP contribution >= 0.6 is 11.6 Å². The summed E-state index contributed by atoms with van der Waals surface area (Å²) in [5.41, 5.74) is 2.45. The number of imidazole rings is 1. The summed E-state index contributed by atoms with van der Waals surface area (Å²) in [6, 6.07) is 7.81. The molecular formula is C15H11ClFN3O. The molecule has 2 aromatic heterocycles. The van der Waals surface area contributed by atoms with Crippen molar-refractivity contribution in [3.8, 4) is 0 Å². The van der Waals surface area contributed by atoms with Gasteiger partial charge in [0, 0.05) is 18.1 Å². The van der Waals surface area contributed by atoms with E-state index in [0.717, 1.165) is 5.56 Å². The molecule has 0 aliphatic carbocycles. The Labute approximate surface area is 125 Å². The molecule has 1 aromatic carbocycles. The lowest BCUT2D eigenvalue weighted by molar-refractivity contribution is 0.102. The van der Waals surface area contributed by atoms with Gasteiger partial charge in [-0.2, -0.15) is 0 Å². The monoisotopic (exact) mass is 303 g/mol. The van der Waals surface area contributed by atoms with E-state index in [1.54, 1.807) is 10.6 Å². The maximum Gasteiger partial charge on any atom is 0.275 e. The number of halogens is 2. The largest absolute Gasteiger partial charge is 0.321 e. The lowest BCUT2D eigenvalue weighted by Crippen LogP contribution is -2.12. The number of carbonyl (C=O) groups excluding carboxylic acids is 1. The predicted molar refractivity (Wildman–Crippen MR) is 79.3 cm³/mol. The quantitative estimate of drug-likeness (QED) is 0.785. The van der Waals surface area contributed by atoms with Gasteiger partial charge in [0.1, 0.15) is 17.2 Å². The molecule has 106 valence electrons. The van der Waals surface area contributed by atoms with Crippen LogP contribution in [-0.2, 0) is 0 Å². The molecule has 3 rings (SSSR count). The van der Waals surface area contributed by atoms with Crippen LogP contribution < -0.4 is 5.32 Å². The summed E-state index contributed by atoms with van der Waals surface area (Å²) < 4.78 is 14.8. The van der Waals surface area contributed by atoms with E-state index in [4.69, 9.17) is 11.6 Å². The fourth-order valence-corrected chi connectivity index (χ4v) is 2.14. The molecule has 0 spiro atoms. The number of carbonyl (C=O) groups is 1. The summed E-state index contributed by atoms with van der Waals surface area (Å²) in [5.74, 6) is -0.906. The third kappa shape index (κ3) is 2.73. The number of nitrogens with one attached hydrogen (secondary N) is 1. The first-order valence-electron chi connectivity index (χ1n) is 6.25. The van der Waals surface area contributed by atoms with Crippen molar-refractivity contribution in [1.82, 2.24) is 9.38 Å². The zero-order valence-electron chi connectivity index (χ0n) is 11.1. The van der Waals surface area contributed by atoms with E-state index in [2.05, 4.69) is 10.3 Å². The van der Waals surface area contributed by atoms with Crippen molar-refractivity contribution in [1.29, 1.82) is 0 Å². The van der Waals surface area contributed by atoms with Gasteiger partial charge in [0.05, 0.1) is 5.02 Å². The Morgan fingerprint density at radius 2 is 2.14 bits per heavy atom. The second-order valence-corrected chi connectivity index (χ2v) is 5.09. The number of amides is 1. The number of aryl methyl sites for hydroxylation is 1. The number of pyridine rings is 1. The second-order valence-electron chi connectivity index (χ2n) is 4.68. The number of anilines is 1. The Hall–Kier alpha value is -2.40. The molecule has 4 nitrogen and oxygen atoms in total. The molecule has 0 saturated heterocycles. The SMILES string of the molecule is Cc1ccn2cc(C(=O)Nc3ccc(F)c(Cl)c3)nc2c1. The number of fused-ring (bicyclic) bond motifs is 1. The lowest BCUT2D eigenvalue weighted by Gasteiger charge is -2.03. The van der Waals surface area contributed by atoms with Crippen molar-refractivity contribution in [3.63, 3.8) is 0 Å². The van der Waals surface area contributed by atoms with E-state index < -0.39 is 5.82 Å². The molecule has 1 amide bonds. The van der Waals surface area contributed by atoms with Crippen LogP contribution in [0, 0.1) is 12.7 Å². The summed E-state index contributed by atoms with van der Waals surface area (Å²) in [4.78, 5) is 16.4. The van der Waals surface area contributed by atoms with E-state index in [9.17, 15) is 9.18 Å². The topological polar surface area (TPSA) is 46.4 Å². The van der Waals surface area contributed by atoms with Crippen molar-refractivity contribution < 1.29 is 9.18 Å². The van der Waals surface area contributed by atoms with Gasteiger partial charge in [-0.15, -0.1) is 0 Å². The third-order valence-electron chi connectivity index (χ3n) is 3.03. The maximum absolute atomic E-state index is 13.1. The van der Waals surface area contributed by atoms with Crippen molar-refractivity contribution >= 4 is 28.8 Å². The van der Waals surface area contributed by atoms with Crippen molar-refractivity contribution in [3.05, 3.63) is 64.8 Å². The summed E-state index contributed by atoms with van der Waals surface area (Å²) in [7, 11) is 0. The molecule has 2 heterocycles. The number of nitrogens with zero attached hydrogens (tertiary/aromatic N) is 2. The molecule has 0 unspecified atom stereocenters. The smallest absolute Gasteiger partial charge is 0.275 e. The standard InChI is InChI=1S/C15H11ClFN3O/c1-9-4-5-20-8-13(19-14(20)6-9)15(21)18-10-2-3-12(17)11(16)7-10/h2-8H,1H3,(H,18,21). The van der Waals surface area contributed by atoms with Gasteiger partial charge in [-0.1, -0.05) is 11.6 Å². The van der Waals surface area contributed by atoms with Gasteiger partial charge in [-0.05, 0) is 42.8 Å². The van der Waals surface area contributed by atoms with Crippen molar-refractivity contribution in [2.45, 2.75) is 6.92 Å². The van der Waals surface area contributed by atoms with Crippen LogP contribution in [0.3, 0.4) is 0 Å². The lowest BCUT2D eigenvalue weighted by atomic mass is 10.3. The van der Waals surface area contributed by atoms with Crippen LogP contribution in [0.5, 0.6) is 0 Å². The van der Waals surface area contributed by atoms with Gasteiger partial charge in [0.2, 0.25) is 0 Å². The minimum Gasteiger partial charge on any atom is -0.321 e. The molecule has 0 atom stereocenters. The van der Waals surface area contributed by atoms with Crippen LogP contribution in [0.4, 0.5) is 10.1 Å². The summed E-state index contributed by atoms with van der Waals surface area (Å²) in [5, 5.41) is 2.59. The highest BCUT2D eigenvalue weighted by Gasteiger charge is 2.12. The first-order valence-corrected chi connectivity index (χ1v) is 6.62. The summed E-state index contributed by atoms with van der Waals surface area (Å²) in [6.07, 6.45) is 3.47. The Morgan fingerprint density at radius 1 is 1.33 bits per heavy atom. The highest BCUT2D eigenvalue weighted by Crippen LogP contribution is 2.20. The van der Waals surface area contributed by atoms with Crippen LogP contribution in [0.15, 0.2) is 42.7 Å². The van der Waals surface area contributed by atoms with Gasteiger partial charge >= 0.3 is 0 Å². The van der Waals surface area contributed by atoms with Crippen LogP contribution in [0.25, 0.3) is 5.65 Å². The predicted octanol–water partition coefficient (Wildman–Crippen LogP) is 3.69. The molecule has 0 saturated carbocycles. The average Bonchev–Trinajstić information content (AvgIpc) is 2.86. The molecule has 0 fully saturated rings. The van der Waals surface area contributed by atoms with E-state index in [-0.39, 0.29) is 16.6 Å². The maximum atomic E-state index is 13.1. The molecule has 0 bridgehead atoms. The first kappa shape index (κ1) is 13.6. The van der Waals surface area contributed by atoms with E-state index >= 15 is 0 Å². The molecule has 0 aliphatic heterocycles. The zero-order valence-corrected chi connectivity index (χ0v) is 11.9. The molecule has 3 aromatic rings. The number of aromatic nitrogens is 2. The van der Waals surface area contributed by atoms with Gasteiger partial charge in [0.25, 0.3) is 5.91 Å². The van der Waals surface area contributed by atoms with E-state index in [1.165, 1.54) is 18.2 Å². The number of hydrogen-bond donors (Lipinski definition) is 1. The van der Waals surface area contributed by atoms with E-state index in [1.807, 2.05) is 25.3 Å².